The molecule has 0 heterocycles. The monoisotopic (exact) mass is 327 g/mol. The highest BCUT2D eigenvalue weighted by Crippen LogP contribution is 2.46. The minimum Gasteiger partial charge on any atom is -0.497 e. The van der Waals surface area contributed by atoms with Crippen LogP contribution in [0.1, 0.15) is 37.7 Å². The van der Waals surface area contributed by atoms with Gasteiger partial charge in [0.25, 0.3) is 0 Å². The molecule has 0 radical (unpaired) electrons. The Morgan fingerprint density at radius 3 is 2.23 bits per heavy atom. The van der Waals surface area contributed by atoms with Gasteiger partial charge in [-0.3, -0.25) is 0 Å². The summed E-state index contributed by atoms with van der Waals surface area (Å²) in [6, 6.07) is 3.40. The van der Waals surface area contributed by atoms with Gasteiger partial charge >= 0.3 is 0 Å². The van der Waals surface area contributed by atoms with Crippen LogP contribution in [0.3, 0.4) is 0 Å². The summed E-state index contributed by atoms with van der Waals surface area (Å²) < 4.78 is 35.1. The van der Waals surface area contributed by atoms with E-state index in [1.54, 1.807) is 0 Å². The van der Waals surface area contributed by atoms with Crippen LogP contribution in [0, 0.1) is 0 Å². The first kappa shape index (κ1) is 17.1. The lowest BCUT2D eigenvalue weighted by atomic mass is 9.69. The molecule has 2 rings (SSSR count). The van der Waals surface area contributed by atoms with Gasteiger partial charge in [0.1, 0.15) is 16.4 Å². The molecule has 1 aliphatic carbocycles. The Labute approximate surface area is 132 Å². The second kappa shape index (κ2) is 6.46. The Morgan fingerprint density at radius 1 is 1.14 bits per heavy atom. The maximum atomic E-state index is 12.1. The quantitative estimate of drug-likeness (QED) is 0.897. The number of benzene rings is 1. The van der Waals surface area contributed by atoms with Crippen molar-refractivity contribution < 1.29 is 17.9 Å². The van der Waals surface area contributed by atoms with E-state index in [2.05, 4.69) is 0 Å². The van der Waals surface area contributed by atoms with E-state index < -0.39 is 9.84 Å². The Morgan fingerprint density at radius 2 is 1.77 bits per heavy atom. The molecule has 0 saturated heterocycles. The molecule has 1 saturated carbocycles. The fourth-order valence-corrected chi connectivity index (χ4v) is 4.25. The third kappa shape index (κ3) is 3.08. The van der Waals surface area contributed by atoms with Gasteiger partial charge in [0, 0.05) is 29.8 Å². The summed E-state index contributed by atoms with van der Waals surface area (Å²) in [7, 11) is -0.378. The van der Waals surface area contributed by atoms with Crippen molar-refractivity contribution in [3.8, 4) is 11.5 Å². The Bertz CT molecular complexity index is 634. The van der Waals surface area contributed by atoms with E-state index in [-0.39, 0.29) is 10.3 Å². The summed E-state index contributed by atoms with van der Waals surface area (Å²) in [6.07, 6.45) is 6.43. The van der Waals surface area contributed by atoms with E-state index in [1.165, 1.54) is 33.0 Å². The number of sulfone groups is 1. The molecular weight excluding hydrogens is 302 g/mol. The maximum absolute atomic E-state index is 12.1. The molecule has 0 unspecified atom stereocenters. The molecule has 0 aliphatic heterocycles. The van der Waals surface area contributed by atoms with Gasteiger partial charge in [-0.25, -0.2) is 8.42 Å². The van der Waals surface area contributed by atoms with Gasteiger partial charge in [-0.05, 0) is 18.9 Å². The molecule has 22 heavy (non-hydrogen) atoms. The van der Waals surface area contributed by atoms with Crippen LogP contribution in [0.15, 0.2) is 17.0 Å². The van der Waals surface area contributed by atoms with Crippen LogP contribution >= 0.6 is 0 Å². The number of ether oxygens (including phenoxy) is 2. The Hall–Kier alpha value is -1.27. The summed E-state index contributed by atoms with van der Waals surface area (Å²) in [5.41, 5.74) is 6.72. The summed E-state index contributed by atoms with van der Waals surface area (Å²) in [6.45, 7) is 0.472. The Kier molecular flexibility index (Phi) is 5.02. The highest BCUT2D eigenvalue weighted by molar-refractivity contribution is 7.90. The van der Waals surface area contributed by atoms with Gasteiger partial charge in [-0.1, -0.05) is 19.3 Å². The summed E-state index contributed by atoms with van der Waals surface area (Å²) in [5, 5.41) is 0. The zero-order valence-electron chi connectivity index (χ0n) is 13.5. The van der Waals surface area contributed by atoms with E-state index in [1.807, 2.05) is 6.07 Å². The fraction of sp³-hybridized carbons (Fsp3) is 0.625. The number of hydrogen-bond donors (Lipinski definition) is 1. The normalized spacial score (nSPS) is 18.0. The molecule has 0 amide bonds. The highest BCUT2D eigenvalue weighted by Gasteiger charge is 2.37. The van der Waals surface area contributed by atoms with E-state index in [0.717, 1.165) is 31.2 Å². The lowest BCUT2D eigenvalue weighted by Crippen LogP contribution is -2.37. The summed E-state index contributed by atoms with van der Waals surface area (Å²) in [5.74, 6) is 0.935. The molecule has 5 nitrogen and oxygen atoms in total. The van der Waals surface area contributed by atoms with E-state index in [4.69, 9.17) is 15.2 Å². The van der Waals surface area contributed by atoms with Crippen LogP contribution in [0.4, 0.5) is 0 Å². The van der Waals surface area contributed by atoms with Gasteiger partial charge in [0.05, 0.1) is 14.2 Å². The molecule has 0 atom stereocenters. The van der Waals surface area contributed by atoms with Crippen LogP contribution in [-0.2, 0) is 15.3 Å². The fourth-order valence-electron chi connectivity index (χ4n) is 3.39. The molecule has 1 aliphatic rings. The summed E-state index contributed by atoms with van der Waals surface area (Å²) >= 11 is 0. The van der Waals surface area contributed by atoms with Crippen LogP contribution < -0.4 is 15.2 Å². The minimum atomic E-state index is -3.42. The largest absolute Gasteiger partial charge is 0.497 e. The second-order valence-electron chi connectivity index (χ2n) is 6.02. The molecule has 0 spiro atoms. The molecule has 2 N–H and O–H groups in total. The highest BCUT2D eigenvalue weighted by atomic mass is 32.2. The van der Waals surface area contributed by atoms with Gasteiger partial charge < -0.3 is 15.2 Å². The third-order valence-electron chi connectivity index (χ3n) is 4.64. The van der Waals surface area contributed by atoms with Crippen LogP contribution in [0.2, 0.25) is 0 Å². The molecular formula is C16H25NO4S. The molecule has 1 fully saturated rings. The van der Waals surface area contributed by atoms with Crippen molar-refractivity contribution in [2.75, 3.05) is 27.0 Å². The maximum Gasteiger partial charge on any atom is 0.179 e. The number of nitrogens with two attached hydrogens (primary N) is 1. The standard InChI is InChI=1S/C16H25NO4S/c1-20-12-9-13(16(11-17)7-5-4-6-8-16)15(21-2)14(10-12)22(3,18)19/h9-10H,4-8,11,17H2,1-3H3. The molecule has 1 aromatic carbocycles. The number of methoxy groups -OCH3 is 2. The number of rotatable bonds is 5. The van der Waals surface area contributed by atoms with E-state index in [0.29, 0.717) is 18.0 Å². The predicted octanol–water partition coefficient (Wildman–Crippen LogP) is 2.27. The molecule has 124 valence electrons. The van der Waals surface area contributed by atoms with E-state index in [9.17, 15) is 8.42 Å². The van der Waals surface area contributed by atoms with Crippen molar-refractivity contribution in [1.29, 1.82) is 0 Å². The zero-order valence-corrected chi connectivity index (χ0v) is 14.3. The SMILES string of the molecule is COc1cc(C2(CN)CCCCC2)c(OC)c(S(C)(=O)=O)c1. The van der Waals surface area contributed by atoms with Crippen LogP contribution in [-0.4, -0.2) is 35.4 Å². The second-order valence-corrected chi connectivity index (χ2v) is 8.01. The predicted molar refractivity (Wildman–Crippen MR) is 86.5 cm³/mol. The average molecular weight is 327 g/mol. The first-order chi connectivity index (χ1) is 10.4. The Balaban J connectivity index is 2.73. The zero-order chi connectivity index (χ0) is 16.4. The third-order valence-corrected chi connectivity index (χ3v) is 5.74. The molecule has 1 aromatic rings. The van der Waals surface area contributed by atoms with Crippen LogP contribution in [0.25, 0.3) is 0 Å². The lowest BCUT2D eigenvalue weighted by molar-refractivity contribution is 0.283. The first-order valence-corrected chi connectivity index (χ1v) is 9.44. The minimum absolute atomic E-state index is 0.169. The average Bonchev–Trinajstić information content (AvgIpc) is 2.53. The van der Waals surface area contributed by atoms with Gasteiger partial charge in [0.2, 0.25) is 0 Å². The van der Waals surface area contributed by atoms with E-state index >= 15 is 0 Å². The molecule has 0 bridgehead atoms. The smallest absolute Gasteiger partial charge is 0.179 e. The van der Waals surface area contributed by atoms with Crippen molar-refractivity contribution in [1.82, 2.24) is 0 Å². The first-order valence-electron chi connectivity index (χ1n) is 7.54. The molecule has 0 aromatic heterocycles. The van der Waals surface area contributed by atoms with Crippen molar-refractivity contribution >= 4 is 9.84 Å². The van der Waals surface area contributed by atoms with Crippen LogP contribution in [0.5, 0.6) is 11.5 Å². The van der Waals surface area contributed by atoms with Gasteiger partial charge in [-0.2, -0.15) is 0 Å². The van der Waals surface area contributed by atoms with Crippen molar-refractivity contribution in [2.45, 2.75) is 42.4 Å². The summed E-state index contributed by atoms with van der Waals surface area (Å²) in [4.78, 5) is 0.169. The molecule has 6 heteroatoms. The van der Waals surface area contributed by atoms with Gasteiger partial charge in [0.15, 0.2) is 9.84 Å². The van der Waals surface area contributed by atoms with Crippen molar-refractivity contribution in [2.24, 2.45) is 5.73 Å². The lowest BCUT2D eigenvalue weighted by Gasteiger charge is -2.38. The number of hydrogen-bond acceptors (Lipinski definition) is 5. The van der Waals surface area contributed by atoms with Gasteiger partial charge in [-0.15, -0.1) is 0 Å². The van der Waals surface area contributed by atoms with Crippen molar-refractivity contribution in [3.63, 3.8) is 0 Å². The van der Waals surface area contributed by atoms with Crippen molar-refractivity contribution in [3.05, 3.63) is 17.7 Å². The topological polar surface area (TPSA) is 78.6 Å².